The van der Waals surface area contributed by atoms with Gasteiger partial charge in [-0.25, -0.2) is 0 Å². The van der Waals surface area contributed by atoms with Gasteiger partial charge in [-0.05, 0) is 57.5 Å². The summed E-state index contributed by atoms with van der Waals surface area (Å²) in [5.41, 5.74) is 8.77. The highest BCUT2D eigenvalue weighted by atomic mass is 16.5. The van der Waals surface area contributed by atoms with Crippen LogP contribution in [-0.2, 0) is 6.42 Å². The largest absolute Gasteiger partial charge is 0.497 e. The summed E-state index contributed by atoms with van der Waals surface area (Å²) in [6, 6.07) is 51.2. The van der Waals surface area contributed by atoms with Crippen LogP contribution in [0.3, 0.4) is 0 Å². The molecule has 2 nitrogen and oxygen atoms in total. The summed E-state index contributed by atoms with van der Waals surface area (Å²) in [5.74, 6) is 0.891. The first-order valence-electron chi connectivity index (χ1n) is 14.3. The fourth-order valence-corrected chi connectivity index (χ4v) is 5.05. The quantitative estimate of drug-likeness (QED) is 0.158. The number of hydrogen-bond donors (Lipinski definition) is 0. The van der Waals surface area contributed by atoms with Crippen LogP contribution in [0.2, 0.25) is 0 Å². The number of ether oxygens (including phenoxy) is 1. The van der Waals surface area contributed by atoms with Crippen molar-refractivity contribution in [3.63, 3.8) is 0 Å². The van der Waals surface area contributed by atoms with Crippen molar-refractivity contribution in [2.24, 2.45) is 0 Å². The van der Waals surface area contributed by atoms with Crippen LogP contribution in [0.15, 0.2) is 158 Å². The Kier molecular flexibility index (Phi) is 9.96. The van der Waals surface area contributed by atoms with Crippen molar-refractivity contribution in [2.75, 3.05) is 26.7 Å². The Labute approximate surface area is 244 Å². The Morgan fingerprint density at radius 2 is 0.878 bits per heavy atom. The molecule has 0 unspecified atom stereocenters. The SMILES string of the molecule is COc1ccc(CCN(CC=C(c2ccccc2)c2ccccc2)CC=C(c2ccccc2)c2ccccc2)cc1. The van der Waals surface area contributed by atoms with Crippen molar-refractivity contribution < 1.29 is 4.74 Å². The van der Waals surface area contributed by atoms with Crippen molar-refractivity contribution in [1.29, 1.82) is 0 Å². The second-order valence-corrected chi connectivity index (χ2v) is 10.1. The third-order valence-electron chi connectivity index (χ3n) is 7.32. The smallest absolute Gasteiger partial charge is 0.118 e. The van der Waals surface area contributed by atoms with Gasteiger partial charge >= 0.3 is 0 Å². The van der Waals surface area contributed by atoms with Crippen molar-refractivity contribution in [1.82, 2.24) is 4.90 Å². The van der Waals surface area contributed by atoms with Gasteiger partial charge in [0.2, 0.25) is 0 Å². The molecule has 0 aliphatic heterocycles. The van der Waals surface area contributed by atoms with Gasteiger partial charge in [-0.1, -0.05) is 146 Å². The molecule has 2 heteroatoms. The molecule has 5 rings (SSSR count). The minimum atomic E-state index is 0.836. The maximum absolute atomic E-state index is 5.37. The van der Waals surface area contributed by atoms with Crippen LogP contribution in [0.25, 0.3) is 11.1 Å². The van der Waals surface area contributed by atoms with Gasteiger partial charge in [0.1, 0.15) is 5.75 Å². The van der Waals surface area contributed by atoms with Crippen molar-refractivity contribution >= 4 is 11.1 Å². The Hall–Kier alpha value is -4.66. The lowest BCUT2D eigenvalue weighted by Gasteiger charge is -2.21. The Balaban J connectivity index is 1.45. The maximum Gasteiger partial charge on any atom is 0.118 e. The third-order valence-corrected chi connectivity index (χ3v) is 7.32. The van der Waals surface area contributed by atoms with Crippen LogP contribution in [0.1, 0.15) is 27.8 Å². The van der Waals surface area contributed by atoms with E-state index >= 15 is 0 Å². The molecule has 0 saturated carbocycles. The highest BCUT2D eigenvalue weighted by molar-refractivity contribution is 5.80. The summed E-state index contributed by atoms with van der Waals surface area (Å²) in [7, 11) is 1.71. The third kappa shape index (κ3) is 7.94. The van der Waals surface area contributed by atoms with Crippen molar-refractivity contribution in [3.05, 3.63) is 186 Å². The normalized spacial score (nSPS) is 10.7. The Morgan fingerprint density at radius 1 is 0.512 bits per heavy atom. The van der Waals surface area contributed by atoms with Crippen LogP contribution < -0.4 is 4.74 Å². The second-order valence-electron chi connectivity index (χ2n) is 10.1. The van der Waals surface area contributed by atoms with E-state index < -0.39 is 0 Å². The molecule has 5 aromatic rings. The van der Waals surface area contributed by atoms with Gasteiger partial charge in [0.15, 0.2) is 0 Å². The molecule has 0 fully saturated rings. The minimum absolute atomic E-state index is 0.836. The monoisotopic (exact) mass is 535 g/mol. The number of rotatable bonds is 12. The number of nitrogens with zero attached hydrogens (tertiary/aromatic N) is 1. The second kappa shape index (κ2) is 14.6. The molecule has 5 aromatic carbocycles. The molecule has 0 heterocycles. The van der Waals surface area contributed by atoms with E-state index in [9.17, 15) is 0 Å². The lowest BCUT2D eigenvalue weighted by molar-refractivity contribution is 0.340. The summed E-state index contributed by atoms with van der Waals surface area (Å²) in [6.07, 6.45) is 5.73. The number of methoxy groups -OCH3 is 1. The first-order chi connectivity index (χ1) is 20.3. The van der Waals surface area contributed by atoms with Gasteiger partial charge < -0.3 is 4.74 Å². The standard InChI is InChI=1S/C39H37NO/c1-41-37-24-22-32(23-25-37)26-29-40(30-27-38(33-14-6-2-7-15-33)34-16-8-3-9-17-34)31-28-39(35-18-10-4-11-19-35)36-20-12-5-13-21-36/h2-25,27-28H,26,29-31H2,1H3. The molecule has 0 aliphatic rings. The molecule has 0 bridgehead atoms. The van der Waals surface area contributed by atoms with Gasteiger partial charge in [-0.3, -0.25) is 4.90 Å². The Morgan fingerprint density at radius 3 is 1.22 bits per heavy atom. The molecular weight excluding hydrogens is 498 g/mol. The van der Waals surface area contributed by atoms with Crippen LogP contribution in [-0.4, -0.2) is 31.6 Å². The molecule has 0 saturated heterocycles. The van der Waals surface area contributed by atoms with Crippen LogP contribution >= 0.6 is 0 Å². The summed E-state index contributed by atoms with van der Waals surface area (Å²) < 4.78 is 5.37. The minimum Gasteiger partial charge on any atom is -0.497 e. The zero-order chi connectivity index (χ0) is 28.1. The summed E-state index contributed by atoms with van der Waals surface area (Å²) in [6.45, 7) is 2.61. The van der Waals surface area contributed by atoms with Gasteiger partial charge in [-0.15, -0.1) is 0 Å². The maximum atomic E-state index is 5.37. The average molecular weight is 536 g/mol. The highest BCUT2D eigenvalue weighted by Gasteiger charge is 2.10. The van der Waals surface area contributed by atoms with E-state index in [1.54, 1.807) is 7.11 Å². The van der Waals surface area contributed by atoms with Crippen LogP contribution in [0.5, 0.6) is 5.75 Å². The van der Waals surface area contributed by atoms with E-state index in [0.717, 1.165) is 31.8 Å². The number of hydrogen-bond acceptors (Lipinski definition) is 2. The predicted octanol–water partition coefficient (Wildman–Crippen LogP) is 8.80. The zero-order valence-corrected chi connectivity index (χ0v) is 23.7. The molecule has 204 valence electrons. The molecule has 0 aromatic heterocycles. The topological polar surface area (TPSA) is 12.5 Å². The molecule has 41 heavy (non-hydrogen) atoms. The molecule has 0 spiro atoms. The zero-order valence-electron chi connectivity index (χ0n) is 23.7. The molecule has 0 amide bonds. The molecule has 0 N–H and O–H groups in total. The van der Waals surface area contributed by atoms with E-state index in [1.807, 2.05) is 12.1 Å². The average Bonchev–Trinajstić information content (AvgIpc) is 3.05. The van der Waals surface area contributed by atoms with E-state index in [2.05, 4.69) is 151 Å². The predicted molar refractivity (Wildman–Crippen MR) is 173 cm³/mol. The van der Waals surface area contributed by atoms with E-state index in [4.69, 9.17) is 4.74 Å². The van der Waals surface area contributed by atoms with E-state index in [-0.39, 0.29) is 0 Å². The summed E-state index contributed by atoms with van der Waals surface area (Å²) in [4.78, 5) is 2.53. The molecule has 0 radical (unpaired) electrons. The molecule has 0 atom stereocenters. The van der Waals surface area contributed by atoms with Crippen LogP contribution in [0, 0.1) is 0 Å². The fraction of sp³-hybridized carbons (Fsp3) is 0.128. The van der Waals surface area contributed by atoms with Gasteiger partial charge in [0.25, 0.3) is 0 Å². The highest BCUT2D eigenvalue weighted by Crippen LogP contribution is 2.25. The molecule has 0 aliphatic carbocycles. The van der Waals surface area contributed by atoms with Crippen molar-refractivity contribution in [2.45, 2.75) is 6.42 Å². The van der Waals surface area contributed by atoms with Gasteiger partial charge in [0, 0.05) is 19.6 Å². The molecular formula is C39H37NO. The Bertz CT molecular complexity index is 1350. The van der Waals surface area contributed by atoms with Crippen LogP contribution in [0.4, 0.5) is 0 Å². The summed E-state index contributed by atoms with van der Waals surface area (Å²) >= 11 is 0. The lowest BCUT2D eigenvalue weighted by Crippen LogP contribution is -2.27. The first-order valence-corrected chi connectivity index (χ1v) is 14.3. The van der Waals surface area contributed by atoms with Gasteiger partial charge in [-0.2, -0.15) is 0 Å². The number of benzene rings is 5. The van der Waals surface area contributed by atoms with E-state index in [0.29, 0.717) is 0 Å². The first kappa shape index (κ1) is 27.9. The summed E-state index contributed by atoms with van der Waals surface area (Å²) in [5, 5.41) is 0. The van der Waals surface area contributed by atoms with E-state index in [1.165, 1.54) is 39.0 Å². The lowest BCUT2D eigenvalue weighted by atomic mass is 9.97. The fourth-order valence-electron chi connectivity index (χ4n) is 5.05. The van der Waals surface area contributed by atoms with Gasteiger partial charge in [0.05, 0.1) is 7.11 Å². The van der Waals surface area contributed by atoms with Crippen molar-refractivity contribution in [3.8, 4) is 5.75 Å².